The highest BCUT2D eigenvalue weighted by Crippen LogP contribution is 2.21. The van der Waals surface area contributed by atoms with Crippen molar-refractivity contribution in [2.75, 3.05) is 19.0 Å². The van der Waals surface area contributed by atoms with Gasteiger partial charge < -0.3 is 4.74 Å². The van der Waals surface area contributed by atoms with Crippen molar-refractivity contribution in [2.24, 2.45) is 0 Å². The molecule has 0 spiro atoms. The SMILES string of the molecule is CC1CN(Cc2ccc(F)cc2Cl)CC(CCl)O1. The van der Waals surface area contributed by atoms with Crippen molar-refractivity contribution in [1.29, 1.82) is 0 Å². The second-order valence-electron chi connectivity index (χ2n) is 4.65. The van der Waals surface area contributed by atoms with E-state index in [1.807, 2.05) is 6.92 Å². The van der Waals surface area contributed by atoms with Gasteiger partial charge in [-0.05, 0) is 24.6 Å². The first-order chi connectivity index (χ1) is 8.58. The van der Waals surface area contributed by atoms with E-state index in [2.05, 4.69) is 4.90 Å². The third-order valence-corrected chi connectivity index (χ3v) is 3.68. The minimum absolute atomic E-state index is 0.0506. The lowest BCUT2D eigenvalue weighted by Gasteiger charge is -2.36. The largest absolute Gasteiger partial charge is 0.371 e. The van der Waals surface area contributed by atoms with Gasteiger partial charge in [-0.2, -0.15) is 0 Å². The topological polar surface area (TPSA) is 12.5 Å². The Hall–Kier alpha value is -0.350. The Balaban J connectivity index is 2.04. The predicted octanol–water partition coefficient (Wildman–Crippen LogP) is 3.31. The Morgan fingerprint density at radius 1 is 1.44 bits per heavy atom. The fourth-order valence-electron chi connectivity index (χ4n) is 2.25. The fraction of sp³-hybridized carbons (Fsp3) is 0.538. The molecular weight excluding hydrogens is 276 g/mol. The van der Waals surface area contributed by atoms with E-state index in [4.69, 9.17) is 27.9 Å². The van der Waals surface area contributed by atoms with Crippen LogP contribution in [-0.2, 0) is 11.3 Å². The molecule has 1 fully saturated rings. The summed E-state index contributed by atoms with van der Waals surface area (Å²) in [6.07, 6.45) is 0.205. The van der Waals surface area contributed by atoms with Crippen LogP contribution in [-0.4, -0.2) is 36.1 Å². The molecule has 1 aromatic rings. The first kappa shape index (κ1) is 14.1. The molecule has 0 aromatic heterocycles. The minimum atomic E-state index is -0.308. The zero-order valence-electron chi connectivity index (χ0n) is 10.2. The first-order valence-corrected chi connectivity index (χ1v) is 6.87. The van der Waals surface area contributed by atoms with E-state index < -0.39 is 0 Å². The highest BCUT2D eigenvalue weighted by molar-refractivity contribution is 6.31. The number of benzene rings is 1. The van der Waals surface area contributed by atoms with E-state index in [0.717, 1.165) is 18.7 Å². The molecule has 1 aromatic carbocycles. The van der Waals surface area contributed by atoms with Crippen LogP contribution >= 0.6 is 23.2 Å². The van der Waals surface area contributed by atoms with E-state index in [1.165, 1.54) is 12.1 Å². The van der Waals surface area contributed by atoms with Gasteiger partial charge in [-0.3, -0.25) is 4.90 Å². The van der Waals surface area contributed by atoms with E-state index in [-0.39, 0.29) is 18.0 Å². The molecule has 100 valence electrons. The molecule has 5 heteroatoms. The van der Waals surface area contributed by atoms with Crippen LogP contribution in [0.25, 0.3) is 0 Å². The zero-order chi connectivity index (χ0) is 13.1. The van der Waals surface area contributed by atoms with E-state index in [0.29, 0.717) is 17.4 Å². The lowest BCUT2D eigenvalue weighted by Crippen LogP contribution is -2.46. The highest BCUT2D eigenvalue weighted by Gasteiger charge is 2.24. The van der Waals surface area contributed by atoms with Crippen molar-refractivity contribution in [3.05, 3.63) is 34.6 Å². The molecular formula is C13H16Cl2FNO. The summed E-state index contributed by atoms with van der Waals surface area (Å²) in [6, 6.07) is 4.51. The number of morpholine rings is 1. The van der Waals surface area contributed by atoms with Crippen molar-refractivity contribution in [2.45, 2.75) is 25.7 Å². The maximum absolute atomic E-state index is 13.0. The maximum atomic E-state index is 13.0. The zero-order valence-corrected chi connectivity index (χ0v) is 11.7. The van der Waals surface area contributed by atoms with Crippen LogP contribution in [0.1, 0.15) is 12.5 Å². The standard InChI is InChI=1S/C13H16Cl2FNO/c1-9-6-17(8-12(5-14)18-9)7-10-2-3-11(16)4-13(10)15/h2-4,9,12H,5-8H2,1H3. The van der Waals surface area contributed by atoms with Crippen LogP contribution < -0.4 is 0 Å². The third-order valence-electron chi connectivity index (χ3n) is 2.98. The second kappa shape index (κ2) is 6.20. The molecule has 1 saturated heterocycles. The number of hydrogen-bond acceptors (Lipinski definition) is 2. The second-order valence-corrected chi connectivity index (χ2v) is 5.37. The van der Waals surface area contributed by atoms with Crippen molar-refractivity contribution >= 4 is 23.2 Å². The summed E-state index contributed by atoms with van der Waals surface area (Å²) in [4.78, 5) is 2.24. The van der Waals surface area contributed by atoms with Crippen LogP contribution in [0.15, 0.2) is 18.2 Å². The van der Waals surface area contributed by atoms with Crippen molar-refractivity contribution < 1.29 is 9.13 Å². The molecule has 0 aliphatic carbocycles. The van der Waals surface area contributed by atoms with Crippen LogP contribution in [0.3, 0.4) is 0 Å². The van der Waals surface area contributed by atoms with Gasteiger partial charge in [0.2, 0.25) is 0 Å². The van der Waals surface area contributed by atoms with E-state index in [9.17, 15) is 4.39 Å². The third kappa shape index (κ3) is 3.58. The lowest BCUT2D eigenvalue weighted by atomic mass is 10.1. The Labute approximate surface area is 117 Å². The van der Waals surface area contributed by atoms with Gasteiger partial charge in [0, 0.05) is 30.5 Å². The summed E-state index contributed by atoms with van der Waals surface area (Å²) >= 11 is 11.9. The molecule has 2 nitrogen and oxygen atoms in total. The van der Waals surface area contributed by atoms with Gasteiger partial charge in [0.25, 0.3) is 0 Å². The molecule has 2 atom stereocenters. The maximum Gasteiger partial charge on any atom is 0.124 e. The average Bonchev–Trinajstić information content (AvgIpc) is 2.32. The molecule has 2 rings (SSSR count). The quantitative estimate of drug-likeness (QED) is 0.793. The minimum Gasteiger partial charge on any atom is -0.371 e. The summed E-state index contributed by atoms with van der Waals surface area (Å²) in [6.45, 7) is 4.33. The molecule has 2 unspecified atom stereocenters. The number of rotatable bonds is 3. The van der Waals surface area contributed by atoms with Gasteiger partial charge in [-0.25, -0.2) is 4.39 Å². The molecule has 0 saturated carbocycles. The van der Waals surface area contributed by atoms with Gasteiger partial charge in [0.1, 0.15) is 5.82 Å². The van der Waals surface area contributed by atoms with Gasteiger partial charge >= 0.3 is 0 Å². The molecule has 18 heavy (non-hydrogen) atoms. The monoisotopic (exact) mass is 291 g/mol. The Morgan fingerprint density at radius 2 is 2.22 bits per heavy atom. The van der Waals surface area contributed by atoms with E-state index >= 15 is 0 Å². The average molecular weight is 292 g/mol. The summed E-state index contributed by atoms with van der Waals surface area (Å²) in [5.41, 5.74) is 0.931. The van der Waals surface area contributed by atoms with Crippen LogP contribution in [0.2, 0.25) is 5.02 Å². The molecule has 0 N–H and O–H groups in total. The summed E-state index contributed by atoms with van der Waals surface area (Å²) in [5, 5.41) is 0.469. The Kier molecular flexibility index (Phi) is 4.84. The van der Waals surface area contributed by atoms with Crippen LogP contribution in [0.5, 0.6) is 0 Å². The molecule has 0 bridgehead atoms. The number of alkyl halides is 1. The van der Waals surface area contributed by atoms with Crippen LogP contribution in [0.4, 0.5) is 4.39 Å². The summed E-state index contributed by atoms with van der Waals surface area (Å²) in [5.74, 6) is 0.176. The summed E-state index contributed by atoms with van der Waals surface area (Å²) in [7, 11) is 0. The van der Waals surface area contributed by atoms with Gasteiger partial charge in [-0.1, -0.05) is 17.7 Å². The lowest BCUT2D eigenvalue weighted by molar-refractivity contribution is -0.0688. The highest BCUT2D eigenvalue weighted by atomic mass is 35.5. The molecule has 1 aliphatic heterocycles. The molecule has 0 radical (unpaired) electrons. The normalized spacial score (nSPS) is 25.3. The predicted molar refractivity (Wildman–Crippen MR) is 71.7 cm³/mol. The smallest absolute Gasteiger partial charge is 0.124 e. The summed E-state index contributed by atoms with van der Waals surface area (Å²) < 4.78 is 18.7. The first-order valence-electron chi connectivity index (χ1n) is 5.96. The number of hydrogen-bond donors (Lipinski definition) is 0. The van der Waals surface area contributed by atoms with Gasteiger partial charge in [-0.15, -0.1) is 11.6 Å². The number of ether oxygens (including phenoxy) is 1. The van der Waals surface area contributed by atoms with Crippen molar-refractivity contribution in [3.63, 3.8) is 0 Å². The van der Waals surface area contributed by atoms with Crippen LogP contribution in [0, 0.1) is 5.82 Å². The Bertz CT molecular complexity index is 416. The fourth-order valence-corrected chi connectivity index (χ4v) is 2.64. The van der Waals surface area contributed by atoms with Crippen molar-refractivity contribution in [1.82, 2.24) is 4.90 Å². The van der Waals surface area contributed by atoms with Crippen molar-refractivity contribution in [3.8, 4) is 0 Å². The van der Waals surface area contributed by atoms with Gasteiger partial charge in [0.05, 0.1) is 12.2 Å². The molecule has 1 aliphatic rings. The van der Waals surface area contributed by atoms with E-state index in [1.54, 1.807) is 6.07 Å². The molecule has 1 heterocycles. The molecule has 0 amide bonds. The Morgan fingerprint density at radius 3 is 2.89 bits per heavy atom. The number of halogens is 3. The van der Waals surface area contributed by atoms with Gasteiger partial charge in [0.15, 0.2) is 0 Å². The number of nitrogens with zero attached hydrogens (tertiary/aromatic N) is 1.